The molecule has 0 radical (unpaired) electrons. The monoisotopic (exact) mass is 227 g/mol. The third-order valence-corrected chi connectivity index (χ3v) is 2.86. The number of hydrogen-bond acceptors (Lipinski definition) is 2. The van der Waals surface area contributed by atoms with Gasteiger partial charge >= 0.3 is 0 Å². The van der Waals surface area contributed by atoms with E-state index in [-0.39, 0.29) is 11.3 Å². The van der Waals surface area contributed by atoms with Crippen molar-refractivity contribution in [1.82, 2.24) is 0 Å². The van der Waals surface area contributed by atoms with E-state index in [1.54, 1.807) is 13.0 Å². The average molecular weight is 227 g/mol. The van der Waals surface area contributed by atoms with Gasteiger partial charge in [-0.2, -0.15) is 4.39 Å². The van der Waals surface area contributed by atoms with Gasteiger partial charge in [0.1, 0.15) is 0 Å². The summed E-state index contributed by atoms with van der Waals surface area (Å²) in [6, 6.07) is 3.01. The van der Waals surface area contributed by atoms with Gasteiger partial charge in [-0.1, -0.05) is 6.07 Å². The second-order valence-electron chi connectivity index (χ2n) is 4.32. The lowest BCUT2D eigenvalue weighted by Gasteiger charge is -2.12. The Balaban J connectivity index is 2.23. The summed E-state index contributed by atoms with van der Waals surface area (Å²) in [4.78, 5) is 0. The maximum absolute atomic E-state index is 13.6. The van der Waals surface area contributed by atoms with Crippen molar-refractivity contribution in [2.24, 2.45) is 5.73 Å². The smallest absolute Gasteiger partial charge is 0.200 e. The van der Waals surface area contributed by atoms with Crippen LogP contribution in [0.5, 0.6) is 5.75 Å². The molecule has 2 N–H and O–H groups in total. The van der Waals surface area contributed by atoms with Gasteiger partial charge in [0, 0.05) is 5.54 Å². The fourth-order valence-electron chi connectivity index (χ4n) is 1.69. The molecule has 1 saturated carbocycles. The number of hydrogen-bond donors (Lipinski definition) is 1. The molecule has 0 unspecified atom stereocenters. The topological polar surface area (TPSA) is 35.2 Å². The fraction of sp³-hybridized carbons (Fsp3) is 0.500. The van der Waals surface area contributed by atoms with Gasteiger partial charge in [-0.3, -0.25) is 0 Å². The molecule has 2 nitrogen and oxygen atoms in total. The van der Waals surface area contributed by atoms with E-state index in [2.05, 4.69) is 0 Å². The van der Waals surface area contributed by atoms with Gasteiger partial charge in [-0.15, -0.1) is 0 Å². The van der Waals surface area contributed by atoms with E-state index in [0.717, 1.165) is 12.8 Å². The first-order chi connectivity index (χ1) is 7.56. The minimum atomic E-state index is -0.913. The summed E-state index contributed by atoms with van der Waals surface area (Å²) >= 11 is 0. The van der Waals surface area contributed by atoms with Crippen LogP contribution in [0, 0.1) is 11.6 Å². The normalized spacial score (nSPS) is 17.2. The Bertz CT molecular complexity index is 402. The summed E-state index contributed by atoms with van der Waals surface area (Å²) in [6.45, 7) is 2.04. The number of nitrogens with two attached hydrogens (primary N) is 1. The first kappa shape index (κ1) is 11.3. The molecule has 16 heavy (non-hydrogen) atoms. The third kappa shape index (κ3) is 2.16. The van der Waals surface area contributed by atoms with Gasteiger partial charge in [0.2, 0.25) is 5.82 Å². The standard InChI is InChI=1S/C12H15F2NO/c1-2-16-9-4-3-8(10(13)11(9)14)7-12(15)5-6-12/h3-4H,2,5-7,15H2,1H3. The van der Waals surface area contributed by atoms with Crippen molar-refractivity contribution in [2.45, 2.75) is 31.7 Å². The highest BCUT2D eigenvalue weighted by atomic mass is 19.2. The van der Waals surface area contributed by atoms with Crippen molar-refractivity contribution >= 4 is 0 Å². The maximum atomic E-state index is 13.6. The Kier molecular flexibility index (Phi) is 2.84. The van der Waals surface area contributed by atoms with Crippen molar-refractivity contribution in [3.05, 3.63) is 29.3 Å². The Morgan fingerprint density at radius 2 is 2.00 bits per heavy atom. The van der Waals surface area contributed by atoms with Crippen molar-refractivity contribution in [3.63, 3.8) is 0 Å². The molecule has 1 aromatic rings. The van der Waals surface area contributed by atoms with Crippen molar-refractivity contribution in [3.8, 4) is 5.75 Å². The van der Waals surface area contributed by atoms with Crippen LogP contribution in [0.3, 0.4) is 0 Å². The summed E-state index contributed by atoms with van der Waals surface area (Å²) < 4.78 is 32.1. The first-order valence-corrected chi connectivity index (χ1v) is 5.44. The molecule has 1 aromatic carbocycles. The van der Waals surface area contributed by atoms with Crippen LogP contribution in [0.15, 0.2) is 12.1 Å². The number of ether oxygens (including phenoxy) is 1. The molecule has 0 saturated heterocycles. The van der Waals surface area contributed by atoms with E-state index >= 15 is 0 Å². The molecule has 0 amide bonds. The lowest BCUT2D eigenvalue weighted by Crippen LogP contribution is -2.25. The van der Waals surface area contributed by atoms with Crippen LogP contribution in [-0.2, 0) is 6.42 Å². The van der Waals surface area contributed by atoms with Crippen LogP contribution >= 0.6 is 0 Å². The van der Waals surface area contributed by atoms with Crippen LogP contribution in [0.4, 0.5) is 8.78 Å². The van der Waals surface area contributed by atoms with Crippen LogP contribution in [0.2, 0.25) is 0 Å². The zero-order chi connectivity index (χ0) is 11.8. The fourth-order valence-corrected chi connectivity index (χ4v) is 1.69. The SMILES string of the molecule is CCOc1ccc(CC2(N)CC2)c(F)c1F. The summed E-state index contributed by atoms with van der Waals surface area (Å²) in [7, 11) is 0. The molecule has 0 bridgehead atoms. The van der Waals surface area contributed by atoms with Crippen molar-refractivity contribution < 1.29 is 13.5 Å². The quantitative estimate of drug-likeness (QED) is 0.857. The molecular weight excluding hydrogens is 212 g/mol. The van der Waals surface area contributed by atoms with Gasteiger partial charge in [-0.05, 0) is 37.8 Å². The highest BCUT2D eigenvalue weighted by Crippen LogP contribution is 2.37. The summed E-state index contributed by atoms with van der Waals surface area (Å²) in [5, 5.41) is 0. The van der Waals surface area contributed by atoms with E-state index in [1.165, 1.54) is 6.07 Å². The zero-order valence-electron chi connectivity index (χ0n) is 9.22. The molecule has 1 aliphatic carbocycles. The minimum Gasteiger partial charge on any atom is -0.491 e. The lowest BCUT2D eigenvalue weighted by atomic mass is 10.0. The number of benzene rings is 1. The van der Waals surface area contributed by atoms with Gasteiger partial charge in [0.15, 0.2) is 11.6 Å². The van der Waals surface area contributed by atoms with E-state index < -0.39 is 11.6 Å². The third-order valence-electron chi connectivity index (χ3n) is 2.86. The van der Waals surface area contributed by atoms with E-state index in [9.17, 15) is 8.78 Å². The maximum Gasteiger partial charge on any atom is 0.200 e. The van der Waals surface area contributed by atoms with Crippen LogP contribution in [0.1, 0.15) is 25.3 Å². The van der Waals surface area contributed by atoms with Crippen molar-refractivity contribution in [2.75, 3.05) is 6.61 Å². The minimum absolute atomic E-state index is 0.0365. The Hall–Kier alpha value is -1.16. The summed E-state index contributed by atoms with van der Waals surface area (Å²) in [5.74, 6) is -1.78. The Morgan fingerprint density at radius 3 is 2.56 bits per heavy atom. The van der Waals surface area contributed by atoms with Crippen molar-refractivity contribution in [1.29, 1.82) is 0 Å². The molecule has 1 aliphatic rings. The molecule has 0 heterocycles. The molecule has 0 aromatic heterocycles. The van der Waals surface area contributed by atoms with Crippen LogP contribution < -0.4 is 10.5 Å². The second kappa shape index (κ2) is 4.01. The van der Waals surface area contributed by atoms with Gasteiger partial charge in [0.05, 0.1) is 6.61 Å². The Labute approximate surface area is 93.4 Å². The van der Waals surface area contributed by atoms with Gasteiger partial charge in [-0.25, -0.2) is 4.39 Å². The van der Waals surface area contributed by atoms with Gasteiger partial charge < -0.3 is 10.5 Å². The summed E-state index contributed by atoms with van der Waals surface area (Å²) in [5.41, 5.74) is 5.89. The molecule has 0 aliphatic heterocycles. The molecular formula is C12H15F2NO. The van der Waals surface area contributed by atoms with E-state index in [1.807, 2.05) is 0 Å². The average Bonchev–Trinajstić information content (AvgIpc) is 2.97. The predicted octanol–water partition coefficient (Wildman–Crippen LogP) is 2.40. The molecule has 0 atom stereocenters. The Morgan fingerprint density at radius 1 is 1.31 bits per heavy atom. The van der Waals surface area contributed by atoms with Crippen LogP contribution in [0.25, 0.3) is 0 Å². The number of halogens is 2. The highest BCUT2D eigenvalue weighted by molar-refractivity contribution is 5.32. The molecule has 2 rings (SSSR count). The van der Waals surface area contributed by atoms with E-state index in [0.29, 0.717) is 18.6 Å². The zero-order valence-corrected chi connectivity index (χ0v) is 9.22. The van der Waals surface area contributed by atoms with Crippen LogP contribution in [-0.4, -0.2) is 12.1 Å². The summed E-state index contributed by atoms with van der Waals surface area (Å²) in [6.07, 6.45) is 2.14. The first-order valence-electron chi connectivity index (χ1n) is 5.44. The number of rotatable bonds is 4. The van der Waals surface area contributed by atoms with E-state index in [4.69, 9.17) is 10.5 Å². The second-order valence-corrected chi connectivity index (χ2v) is 4.32. The molecule has 88 valence electrons. The predicted molar refractivity (Wildman–Crippen MR) is 57.4 cm³/mol. The lowest BCUT2D eigenvalue weighted by molar-refractivity contribution is 0.313. The highest BCUT2D eigenvalue weighted by Gasteiger charge is 2.39. The molecule has 1 fully saturated rings. The molecule has 0 spiro atoms. The van der Waals surface area contributed by atoms with Gasteiger partial charge in [0.25, 0.3) is 0 Å². The molecule has 4 heteroatoms. The largest absolute Gasteiger partial charge is 0.491 e.